The third-order valence-electron chi connectivity index (χ3n) is 6.90. The fourth-order valence-corrected chi connectivity index (χ4v) is 5.03. The molecule has 4 nitrogen and oxygen atoms in total. The Bertz CT molecular complexity index is 392. The molecule has 2 saturated carbocycles. The molecule has 2 aliphatic rings. The molecule has 0 amide bonds. The monoisotopic (exact) mass is 394 g/mol. The highest BCUT2D eigenvalue weighted by atomic mass is 16.5. The average molecular weight is 395 g/mol. The molecule has 2 N–H and O–H groups in total. The van der Waals surface area contributed by atoms with Crippen LogP contribution in [0.5, 0.6) is 0 Å². The summed E-state index contributed by atoms with van der Waals surface area (Å²) < 4.78 is 4.99. The Morgan fingerprint density at radius 1 is 0.750 bits per heavy atom. The lowest BCUT2D eigenvalue weighted by molar-refractivity contribution is -0.146. The number of nitrogens with one attached hydrogen (secondary N) is 2. The van der Waals surface area contributed by atoms with Crippen molar-refractivity contribution in [3.05, 3.63) is 0 Å². The minimum absolute atomic E-state index is 0.00646. The highest BCUT2D eigenvalue weighted by Crippen LogP contribution is 2.23. The summed E-state index contributed by atoms with van der Waals surface area (Å²) in [6.07, 6.45) is 20.9. The first-order valence-corrected chi connectivity index (χ1v) is 12.3. The molecule has 0 saturated heterocycles. The van der Waals surface area contributed by atoms with Crippen LogP contribution in [0.2, 0.25) is 0 Å². The van der Waals surface area contributed by atoms with Crippen molar-refractivity contribution < 1.29 is 9.53 Å². The van der Waals surface area contributed by atoms with E-state index in [1.807, 2.05) is 0 Å². The van der Waals surface area contributed by atoms with Gasteiger partial charge in [-0.3, -0.25) is 4.79 Å². The Balaban J connectivity index is 1.60. The molecule has 2 fully saturated rings. The topological polar surface area (TPSA) is 50.4 Å². The fraction of sp³-hybridized carbons (Fsp3) is 0.958. The lowest BCUT2D eigenvalue weighted by Gasteiger charge is -2.21. The van der Waals surface area contributed by atoms with E-state index in [4.69, 9.17) is 4.74 Å². The molecule has 0 aromatic rings. The smallest absolute Gasteiger partial charge is 0.308 e. The molecule has 0 aromatic carbocycles. The van der Waals surface area contributed by atoms with Crippen molar-refractivity contribution in [2.24, 2.45) is 11.8 Å². The molecule has 0 spiro atoms. The van der Waals surface area contributed by atoms with E-state index in [9.17, 15) is 4.79 Å². The summed E-state index contributed by atoms with van der Waals surface area (Å²) in [5.74, 6) is 0.981. The van der Waals surface area contributed by atoms with Crippen LogP contribution in [0.1, 0.15) is 103 Å². The second kappa shape index (κ2) is 15.3. The normalized spacial score (nSPS) is 26.6. The summed E-state index contributed by atoms with van der Waals surface area (Å²) in [5.41, 5.74) is 0. The van der Waals surface area contributed by atoms with E-state index in [2.05, 4.69) is 10.6 Å². The second-order valence-corrected chi connectivity index (χ2v) is 9.21. The number of carbonyl (C=O) groups is 1. The van der Waals surface area contributed by atoms with Crippen molar-refractivity contribution in [3.8, 4) is 0 Å². The van der Waals surface area contributed by atoms with Gasteiger partial charge in [0.25, 0.3) is 0 Å². The van der Waals surface area contributed by atoms with E-state index in [0.29, 0.717) is 6.04 Å². The van der Waals surface area contributed by atoms with Crippen molar-refractivity contribution in [1.82, 2.24) is 10.6 Å². The third kappa shape index (κ3) is 10.2. The minimum atomic E-state index is -0.00646. The fourth-order valence-electron chi connectivity index (χ4n) is 5.03. The molecule has 0 heterocycles. The van der Waals surface area contributed by atoms with Gasteiger partial charge in [0.1, 0.15) is 0 Å². The number of esters is 1. The van der Waals surface area contributed by atoms with Gasteiger partial charge in [-0.25, -0.2) is 0 Å². The third-order valence-corrected chi connectivity index (χ3v) is 6.90. The van der Waals surface area contributed by atoms with Crippen molar-refractivity contribution in [2.45, 2.75) is 109 Å². The van der Waals surface area contributed by atoms with Crippen LogP contribution in [0.4, 0.5) is 0 Å². The molecule has 4 heteroatoms. The molecule has 2 unspecified atom stereocenters. The Morgan fingerprint density at radius 2 is 1.36 bits per heavy atom. The maximum Gasteiger partial charge on any atom is 0.308 e. The number of carbonyl (C=O) groups excluding carboxylic acids is 1. The average Bonchev–Trinajstić information content (AvgIpc) is 2.84. The van der Waals surface area contributed by atoms with Crippen molar-refractivity contribution in [3.63, 3.8) is 0 Å². The van der Waals surface area contributed by atoms with Gasteiger partial charge in [0.2, 0.25) is 0 Å². The first-order chi connectivity index (χ1) is 13.8. The van der Waals surface area contributed by atoms with Crippen LogP contribution in [0.15, 0.2) is 0 Å². The molecule has 0 bridgehead atoms. The van der Waals surface area contributed by atoms with E-state index in [1.165, 1.54) is 90.7 Å². The largest absolute Gasteiger partial charge is 0.469 e. The zero-order valence-electron chi connectivity index (χ0n) is 18.5. The molecule has 164 valence electrons. The molecular weight excluding hydrogens is 348 g/mol. The van der Waals surface area contributed by atoms with Crippen LogP contribution in [-0.2, 0) is 9.53 Å². The summed E-state index contributed by atoms with van der Waals surface area (Å²) in [6.45, 7) is 3.30. The molecule has 0 aliphatic heterocycles. The zero-order valence-corrected chi connectivity index (χ0v) is 18.5. The van der Waals surface area contributed by atoms with Gasteiger partial charge >= 0.3 is 5.97 Å². The molecule has 28 heavy (non-hydrogen) atoms. The van der Waals surface area contributed by atoms with Gasteiger partial charge < -0.3 is 15.4 Å². The Labute approximate surface area is 173 Å². The van der Waals surface area contributed by atoms with E-state index in [-0.39, 0.29) is 11.9 Å². The predicted octanol–water partition coefficient (Wildman–Crippen LogP) is 5.21. The standard InChI is InChI=1S/C24H46N2O2/c1-28-24(27)22-14-10-7-11-15-23(17-16-22)26-19-18-25-20-21-12-8-5-3-2-4-6-9-13-21/h21-23,25-26H,2-20H2,1H3. The SMILES string of the molecule is COC(=O)C1CCCCCC(NCCNCC2CCCCCCCCC2)CC1. The van der Waals surface area contributed by atoms with Crippen LogP contribution in [0.3, 0.4) is 0 Å². The summed E-state index contributed by atoms with van der Waals surface area (Å²) in [5, 5.41) is 7.48. The van der Waals surface area contributed by atoms with Crippen LogP contribution < -0.4 is 10.6 Å². The lowest BCUT2D eigenvalue weighted by Crippen LogP contribution is -2.37. The van der Waals surface area contributed by atoms with Gasteiger partial charge in [-0.1, -0.05) is 64.2 Å². The second-order valence-electron chi connectivity index (χ2n) is 9.21. The van der Waals surface area contributed by atoms with Crippen LogP contribution >= 0.6 is 0 Å². The van der Waals surface area contributed by atoms with Gasteiger partial charge in [-0.15, -0.1) is 0 Å². The summed E-state index contributed by atoms with van der Waals surface area (Å²) in [4.78, 5) is 11.9. The van der Waals surface area contributed by atoms with Gasteiger partial charge in [0.15, 0.2) is 0 Å². The van der Waals surface area contributed by atoms with Crippen LogP contribution in [-0.4, -0.2) is 38.8 Å². The first kappa shape index (κ1) is 23.7. The Hall–Kier alpha value is -0.610. The van der Waals surface area contributed by atoms with Crippen molar-refractivity contribution in [2.75, 3.05) is 26.7 Å². The van der Waals surface area contributed by atoms with Gasteiger partial charge in [-0.2, -0.15) is 0 Å². The van der Waals surface area contributed by atoms with E-state index in [0.717, 1.165) is 44.7 Å². The quantitative estimate of drug-likeness (QED) is 0.460. The number of hydrogen-bond donors (Lipinski definition) is 2. The van der Waals surface area contributed by atoms with Crippen LogP contribution in [0, 0.1) is 11.8 Å². The molecule has 2 aliphatic carbocycles. The van der Waals surface area contributed by atoms with E-state index < -0.39 is 0 Å². The number of methoxy groups -OCH3 is 1. The Kier molecular flexibility index (Phi) is 12.9. The van der Waals surface area contributed by atoms with Gasteiger partial charge in [-0.05, 0) is 51.0 Å². The Morgan fingerprint density at radius 3 is 2.07 bits per heavy atom. The molecule has 2 atom stereocenters. The predicted molar refractivity (Wildman–Crippen MR) is 118 cm³/mol. The maximum absolute atomic E-state index is 11.9. The lowest BCUT2D eigenvalue weighted by atomic mass is 9.92. The highest BCUT2D eigenvalue weighted by molar-refractivity contribution is 5.72. The molecule has 2 rings (SSSR count). The van der Waals surface area contributed by atoms with Crippen molar-refractivity contribution in [1.29, 1.82) is 0 Å². The summed E-state index contributed by atoms with van der Waals surface area (Å²) in [6, 6.07) is 0.556. The minimum Gasteiger partial charge on any atom is -0.469 e. The number of rotatable bonds is 7. The van der Waals surface area contributed by atoms with Gasteiger partial charge in [0, 0.05) is 19.1 Å². The maximum atomic E-state index is 11.9. The number of ether oxygens (including phenoxy) is 1. The summed E-state index contributed by atoms with van der Waals surface area (Å²) >= 11 is 0. The molecular formula is C24H46N2O2. The van der Waals surface area contributed by atoms with Crippen LogP contribution in [0.25, 0.3) is 0 Å². The molecule has 0 radical (unpaired) electrons. The highest BCUT2D eigenvalue weighted by Gasteiger charge is 2.22. The first-order valence-electron chi connectivity index (χ1n) is 12.3. The zero-order chi connectivity index (χ0) is 19.9. The number of hydrogen-bond acceptors (Lipinski definition) is 4. The van der Waals surface area contributed by atoms with E-state index in [1.54, 1.807) is 0 Å². The van der Waals surface area contributed by atoms with Crippen molar-refractivity contribution >= 4 is 5.97 Å². The van der Waals surface area contributed by atoms with E-state index >= 15 is 0 Å². The summed E-state index contributed by atoms with van der Waals surface area (Å²) in [7, 11) is 1.52. The molecule has 0 aromatic heterocycles. The van der Waals surface area contributed by atoms with Gasteiger partial charge in [0.05, 0.1) is 13.0 Å².